The highest BCUT2D eigenvalue weighted by molar-refractivity contribution is 5.24. The van der Waals surface area contributed by atoms with Gasteiger partial charge in [0.05, 0.1) is 6.61 Å². The van der Waals surface area contributed by atoms with Crippen LogP contribution in [0.15, 0.2) is 24.3 Å². The largest absolute Gasteiger partial charge is 0.392 e. The second-order valence-corrected chi connectivity index (χ2v) is 3.21. The summed E-state index contributed by atoms with van der Waals surface area (Å²) in [6.07, 6.45) is 1.17. The van der Waals surface area contributed by atoms with E-state index in [2.05, 4.69) is 26.0 Å². The van der Waals surface area contributed by atoms with Crippen LogP contribution in [0.3, 0.4) is 0 Å². The van der Waals surface area contributed by atoms with Crippen molar-refractivity contribution < 1.29 is 5.11 Å². The average Bonchev–Trinajstić information content (AvgIpc) is 2.17. The molecule has 1 heteroatoms. The summed E-state index contributed by atoms with van der Waals surface area (Å²) in [5.74, 6) is 0.623. The van der Waals surface area contributed by atoms with Gasteiger partial charge in [-0.3, -0.25) is 0 Å². The summed E-state index contributed by atoms with van der Waals surface area (Å²) in [5.41, 5.74) is 2.34. The number of benzene rings is 1. The van der Waals surface area contributed by atoms with Gasteiger partial charge in [-0.05, 0) is 23.5 Å². The quantitative estimate of drug-likeness (QED) is 0.728. The maximum Gasteiger partial charge on any atom is 0.0681 e. The van der Waals surface area contributed by atoms with Crippen LogP contribution in [0.2, 0.25) is 0 Å². The van der Waals surface area contributed by atoms with Gasteiger partial charge in [0.25, 0.3) is 0 Å². The molecule has 0 fully saturated rings. The van der Waals surface area contributed by atoms with Crippen LogP contribution in [0.25, 0.3) is 0 Å². The zero-order chi connectivity index (χ0) is 8.97. The molecular formula is C11H16O. The summed E-state index contributed by atoms with van der Waals surface area (Å²) >= 11 is 0. The van der Waals surface area contributed by atoms with Crippen LogP contribution in [0.1, 0.15) is 37.3 Å². The van der Waals surface area contributed by atoms with Gasteiger partial charge < -0.3 is 5.11 Å². The van der Waals surface area contributed by atoms with Crippen molar-refractivity contribution in [2.24, 2.45) is 0 Å². The minimum absolute atomic E-state index is 0.140. The molecule has 0 saturated heterocycles. The molecule has 0 radical (unpaired) electrons. The van der Waals surface area contributed by atoms with E-state index in [0.29, 0.717) is 5.92 Å². The van der Waals surface area contributed by atoms with Crippen LogP contribution in [0.5, 0.6) is 0 Å². The Hall–Kier alpha value is -0.820. The normalized spacial score (nSPS) is 12.9. The predicted molar refractivity (Wildman–Crippen MR) is 51.1 cm³/mol. The second-order valence-electron chi connectivity index (χ2n) is 3.21. The first-order chi connectivity index (χ1) is 5.77. The van der Waals surface area contributed by atoms with Crippen molar-refractivity contribution in [3.63, 3.8) is 0 Å². The Morgan fingerprint density at radius 2 is 1.83 bits per heavy atom. The molecular weight excluding hydrogens is 148 g/mol. The van der Waals surface area contributed by atoms with E-state index < -0.39 is 0 Å². The number of aliphatic hydroxyl groups excluding tert-OH is 1. The minimum Gasteiger partial charge on any atom is -0.392 e. The second kappa shape index (κ2) is 4.27. The predicted octanol–water partition coefficient (Wildman–Crippen LogP) is 2.69. The van der Waals surface area contributed by atoms with Crippen molar-refractivity contribution in [3.8, 4) is 0 Å². The molecule has 0 amide bonds. The number of rotatable bonds is 3. The van der Waals surface area contributed by atoms with Gasteiger partial charge in [0.15, 0.2) is 0 Å². The van der Waals surface area contributed by atoms with E-state index in [1.807, 2.05) is 12.1 Å². The molecule has 66 valence electrons. The molecule has 0 aliphatic rings. The van der Waals surface area contributed by atoms with Crippen LogP contribution in [-0.4, -0.2) is 5.11 Å². The zero-order valence-corrected chi connectivity index (χ0v) is 7.75. The van der Waals surface area contributed by atoms with Gasteiger partial charge in [-0.2, -0.15) is 0 Å². The first-order valence-corrected chi connectivity index (χ1v) is 4.47. The third kappa shape index (κ3) is 2.08. The molecule has 1 aromatic carbocycles. The monoisotopic (exact) mass is 164 g/mol. The van der Waals surface area contributed by atoms with Crippen molar-refractivity contribution in [1.29, 1.82) is 0 Å². The van der Waals surface area contributed by atoms with E-state index in [9.17, 15) is 0 Å². The molecule has 1 rings (SSSR count). The van der Waals surface area contributed by atoms with Crippen LogP contribution in [0.4, 0.5) is 0 Å². The van der Waals surface area contributed by atoms with Gasteiger partial charge >= 0.3 is 0 Å². The van der Waals surface area contributed by atoms with Crippen molar-refractivity contribution in [1.82, 2.24) is 0 Å². The number of aliphatic hydroxyl groups is 1. The van der Waals surface area contributed by atoms with Crippen molar-refractivity contribution in [2.45, 2.75) is 32.8 Å². The summed E-state index contributed by atoms with van der Waals surface area (Å²) < 4.78 is 0. The summed E-state index contributed by atoms with van der Waals surface area (Å²) in [6, 6.07) is 8.17. The molecule has 1 nitrogen and oxygen atoms in total. The van der Waals surface area contributed by atoms with E-state index in [1.54, 1.807) is 0 Å². The molecule has 1 unspecified atom stereocenters. The van der Waals surface area contributed by atoms with E-state index in [-0.39, 0.29) is 6.61 Å². The Labute approximate surface area is 74.1 Å². The average molecular weight is 164 g/mol. The lowest BCUT2D eigenvalue weighted by Crippen LogP contribution is -1.91. The molecule has 0 saturated carbocycles. The Kier molecular flexibility index (Phi) is 3.30. The summed E-state index contributed by atoms with van der Waals surface area (Å²) in [6.45, 7) is 4.54. The molecule has 0 aliphatic carbocycles. The molecule has 0 aromatic heterocycles. The van der Waals surface area contributed by atoms with Crippen LogP contribution in [0, 0.1) is 0 Å². The molecule has 12 heavy (non-hydrogen) atoms. The highest BCUT2D eigenvalue weighted by atomic mass is 16.3. The lowest BCUT2D eigenvalue weighted by atomic mass is 9.98. The molecule has 1 N–H and O–H groups in total. The summed E-state index contributed by atoms with van der Waals surface area (Å²) in [7, 11) is 0. The molecule has 0 aliphatic heterocycles. The highest BCUT2D eigenvalue weighted by Crippen LogP contribution is 2.18. The van der Waals surface area contributed by atoms with Gasteiger partial charge in [-0.15, -0.1) is 0 Å². The van der Waals surface area contributed by atoms with Crippen molar-refractivity contribution >= 4 is 0 Å². The van der Waals surface area contributed by atoms with Gasteiger partial charge in [-0.1, -0.05) is 38.1 Å². The topological polar surface area (TPSA) is 20.2 Å². The number of hydrogen-bond donors (Lipinski definition) is 1. The van der Waals surface area contributed by atoms with Gasteiger partial charge in [0.2, 0.25) is 0 Å². The SMILES string of the molecule is CCC(C)c1ccc(CO)cc1. The van der Waals surface area contributed by atoms with E-state index in [0.717, 1.165) is 5.56 Å². The molecule has 0 heterocycles. The molecule has 0 spiro atoms. The minimum atomic E-state index is 0.140. The maximum atomic E-state index is 8.82. The third-order valence-electron chi connectivity index (χ3n) is 2.34. The standard InChI is InChI=1S/C11H16O/c1-3-9(2)11-6-4-10(8-12)5-7-11/h4-7,9,12H,3,8H2,1-2H3. The number of hydrogen-bond acceptors (Lipinski definition) is 1. The first kappa shape index (κ1) is 9.27. The van der Waals surface area contributed by atoms with E-state index in [4.69, 9.17) is 5.11 Å². The van der Waals surface area contributed by atoms with Crippen molar-refractivity contribution in [3.05, 3.63) is 35.4 Å². The Morgan fingerprint density at radius 1 is 1.25 bits per heavy atom. The maximum absolute atomic E-state index is 8.82. The lowest BCUT2D eigenvalue weighted by Gasteiger charge is -2.08. The van der Waals surface area contributed by atoms with Crippen LogP contribution < -0.4 is 0 Å². The van der Waals surface area contributed by atoms with E-state index in [1.165, 1.54) is 12.0 Å². The third-order valence-corrected chi connectivity index (χ3v) is 2.34. The van der Waals surface area contributed by atoms with Gasteiger partial charge in [0, 0.05) is 0 Å². The van der Waals surface area contributed by atoms with Crippen LogP contribution >= 0.6 is 0 Å². The highest BCUT2D eigenvalue weighted by Gasteiger charge is 2.01. The van der Waals surface area contributed by atoms with Crippen molar-refractivity contribution in [2.75, 3.05) is 0 Å². The Morgan fingerprint density at radius 3 is 2.25 bits per heavy atom. The first-order valence-electron chi connectivity index (χ1n) is 4.47. The Bertz CT molecular complexity index is 225. The fourth-order valence-corrected chi connectivity index (χ4v) is 1.19. The lowest BCUT2D eigenvalue weighted by molar-refractivity contribution is 0.282. The molecule has 0 bridgehead atoms. The Balaban J connectivity index is 2.77. The van der Waals surface area contributed by atoms with Gasteiger partial charge in [0.1, 0.15) is 0 Å². The summed E-state index contributed by atoms with van der Waals surface area (Å²) in [5, 5.41) is 8.82. The fraction of sp³-hybridized carbons (Fsp3) is 0.455. The smallest absolute Gasteiger partial charge is 0.0681 e. The molecule has 1 aromatic rings. The molecule has 1 atom stereocenters. The van der Waals surface area contributed by atoms with Crippen LogP contribution in [-0.2, 0) is 6.61 Å². The fourth-order valence-electron chi connectivity index (χ4n) is 1.19. The van der Waals surface area contributed by atoms with Gasteiger partial charge in [-0.25, -0.2) is 0 Å². The summed E-state index contributed by atoms with van der Waals surface area (Å²) in [4.78, 5) is 0. The zero-order valence-electron chi connectivity index (χ0n) is 7.75. The van der Waals surface area contributed by atoms with E-state index >= 15 is 0 Å².